The minimum Gasteiger partial charge on any atom is -0.469 e. The molecule has 0 aliphatic heterocycles. The van der Waals surface area contributed by atoms with Gasteiger partial charge in [0.05, 0.1) is 18.1 Å². The highest BCUT2D eigenvalue weighted by atomic mass is 16.3. The van der Waals surface area contributed by atoms with Crippen LogP contribution in [0.15, 0.2) is 28.9 Å². The van der Waals surface area contributed by atoms with Crippen molar-refractivity contribution in [3.63, 3.8) is 0 Å². The van der Waals surface area contributed by atoms with Crippen LogP contribution in [0, 0.1) is 6.92 Å². The predicted molar refractivity (Wildman–Crippen MR) is 64.7 cm³/mol. The maximum Gasteiger partial charge on any atom is 0.103 e. The fourth-order valence-corrected chi connectivity index (χ4v) is 1.96. The molecule has 4 nitrogen and oxygen atoms in total. The first-order valence-corrected chi connectivity index (χ1v) is 5.85. The van der Waals surface area contributed by atoms with Crippen LogP contribution in [0.2, 0.25) is 0 Å². The highest BCUT2D eigenvalue weighted by Crippen LogP contribution is 2.11. The summed E-state index contributed by atoms with van der Waals surface area (Å²) in [6, 6.07) is 5.81. The molecule has 4 heteroatoms. The van der Waals surface area contributed by atoms with Crippen LogP contribution in [0.1, 0.15) is 23.6 Å². The Hall–Kier alpha value is -1.55. The topological polar surface area (TPSA) is 51.2 Å². The van der Waals surface area contributed by atoms with E-state index in [1.54, 1.807) is 6.26 Å². The normalized spacial score (nSPS) is 12.9. The molecule has 1 unspecified atom stereocenters. The summed E-state index contributed by atoms with van der Waals surface area (Å²) in [6.07, 6.45) is 3.42. The fraction of sp³-hybridized carbons (Fsp3) is 0.462. The lowest BCUT2D eigenvalue weighted by Gasteiger charge is -2.09. The molecule has 1 N–H and O–H groups in total. The zero-order valence-corrected chi connectivity index (χ0v) is 10.3. The first-order chi connectivity index (χ1) is 8.15. The summed E-state index contributed by atoms with van der Waals surface area (Å²) in [6.45, 7) is 1.96. The lowest BCUT2D eigenvalue weighted by Crippen LogP contribution is -2.14. The lowest BCUT2D eigenvalue weighted by molar-refractivity contribution is 0.160. The average molecular weight is 234 g/mol. The van der Waals surface area contributed by atoms with Crippen molar-refractivity contribution in [1.29, 1.82) is 0 Å². The third kappa shape index (κ3) is 3.20. The summed E-state index contributed by atoms with van der Waals surface area (Å²) in [5.74, 6) is 0.922. The fourth-order valence-electron chi connectivity index (χ4n) is 1.96. The highest BCUT2D eigenvalue weighted by molar-refractivity contribution is 5.09. The minimum atomic E-state index is -0.352. The van der Waals surface area contributed by atoms with E-state index in [4.69, 9.17) is 4.42 Å². The monoisotopic (exact) mass is 234 g/mol. The Morgan fingerprint density at radius 2 is 2.35 bits per heavy atom. The van der Waals surface area contributed by atoms with E-state index in [0.717, 1.165) is 23.6 Å². The Labute approximate surface area is 101 Å². The third-order valence-electron chi connectivity index (χ3n) is 2.85. The molecule has 0 saturated carbocycles. The van der Waals surface area contributed by atoms with Crippen LogP contribution >= 0.6 is 0 Å². The van der Waals surface area contributed by atoms with Crippen molar-refractivity contribution in [3.05, 3.63) is 41.6 Å². The molecule has 0 saturated heterocycles. The van der Waals surface area contributed by atoms with E-state index >= 15 is 0 Å². The molecular formula is C13H18N2O2. The molecule has 2 aromatic heterocycles. The maximum atomic E-state index is 9.95. The Kier molecular flexibility index (Phi) is 3.64. The summed E-state index contributed by atoms with van der Waals surface area (Å²) in [5, 5.41) is 14.2. The van der Waals surface area contributed by atoms with Gasteiger partial charge in [0.1, 0.15) is 5.76 Å². The van der Waals surface area contributed by atoms with Crippen LogP contribution in [-0.2, 0) is 19.9 Å². The molecule has 2 rings (SSSR count). The molecule has 0 bridgehead atoms. The average Bonchev–Trinajstić information content (AvgIpc) is 2.87. The second-order valence-electron chi connectivity index (χ2n) is 4.38. The largest absolute Gasteiger partial charge is 0.469 e. The number of nitrogens with zero attached hydrogens (tertiary/aromatic N) is 2. The summed E-state index contributed by atoms with van der Waals surface area (Å²) < 4.78 is 7.06. The smallest absolute Gasteiger partial charge is 0.103 e. The van der Waals surface area contributed by atoms with Crippen molar-refractivity contribution >= 4 is 0 Å². The van der Waals surface area contributed by atoms with Gasteiger partial charge in [-0.3, -0.25) is 4.68 Å². The summed E-state index contributed by atoms with van der Waals surface area (Å²) in [5.41, 5.74) is 2.05. The van der Waals surface area contributed by atoms with Gasteiger partial charge in [0.15, 0.2) is 0 Å². The van der Waals surface area contributed by atoms with Crippen molar-refractivity contribution in [1.82, 2.24) is 9.78 Å². The summed E-state index contributed by atoms with van der Waals surface area (Å²) >= 11 is 0. The zero-order valence-electron chi connectivity index (χ0n) is 10.3. The highest BCUT2D eigenvalue weighted by Gasteiger charge is 2.10. The number of aliphatic hydroxyl groups excluding tert-OH is 1. The van der Waals surface area contributed by atoms with Crippen LogP contribution in [0.4, 0.5) is 0 Å². The van der Waals surface area contributed by atoms with E-state index in [1.807, 2.05) is 36.9 Å². The van der Waals surface area contributed by atoms with Crippen molar-refractivity contribution in [3.8, 4) is 0 Å². The van der Waals surface area contributed by atoms with Crippen molar-refractivity contribution in [2.75, 3.05) is 0 Å². The van der Waals surface area contributed by atoms with Crippen LogP contribution in [0.5, 0.6) is 0 Å². The zero-order chi connectivity index (χ0) is 12.3. The van der Waals surface area contributed by atoms with Crippen LogP contribution in [-0.4, -0.2) is 21.0 Å². The van der Waals surface area contributed by atoms with Gasteiger partial charge in [-0.15, -0.1) is 0 Å². The van der Waals surface area contributed by atoms with E-state index in [1.165, 1.54) is 0 Å². The molecular weight excluding hydrogens is 216 g/mol. The number of aryl methyl sites for hydroxylation is 3. The standard InChI is InChI=1S/C13H18N2O2/c1-10-8-11(15(2)14-10)9-12(16)5-6-13-4-3-7-17-13/h3-4,7-8,12,16H,5-6,9H2,1-2H3. The van der Waals surface area contributed by atoms with Crippen molar-refractivity contribution in [2.45, 2.75) is 32.3 Å². The first-order valence-electron chi connectivity index (χ1n) is 5.85. The number of furan rings is 1. The molecule has 0 aliphatic rings. The molecule has 1 atom stereocenters. The molecule has 0 radical (unpaired) electrons. The van der Waals surface area contributed by atoms with Gasteiger partial charge >= 0.3 is 0 Å². The summed E-state index contributed by atoms with van der Waals surface area (Å²) in [7, 11) is 1.90. The third-order valence-corrected chi connectivity index (χ3v) is 2.85. The van der Waals surface area contributed by atoms with Gasteiger partial charge in [0.2, 0.25) is 0 Å². The number of hydrogen-bond donors (Lipinski definition) is 1. The van der Waals surface area contributed by atoms with E-state index in [9.17, 15) is 5.11 Å². The molecule has 0 amide bonds. The molecule has 17 heavy (non-hydrogen) atoms. The van der Waals surface area contributed by atoms with E-state index in [2.05, 4.69) is 5.10 Å². The molecule has 2 heterocycles. The Bertz CT molecular complexity index is 460. The quantitative estimate of drug-likeness (QED) is 0.859. The Morgan fingerprint density at radius 1 is 1.53 bits per heavy atom. The van der Waals surface area contributed by atoms with Gasteiger partial charge in [0.25, 0.3) is 0 Å². The van der Waals surface area contributed by atoms with Gasteiger partial charge in [0, 0.05) is 25.6 Å². The van der Waals surface area contributed by atoms with Gasteiger partial charge in [-0.05, 0) is 31.5 Å². The van der Waals surface area contributed by atoms with Crippen LogP contribution in [0.3, 0.4) is 0 Å². The van der Waals surface area contributed by atoms with E-state index < -0.39 is 0 Å². The van der Waals surface area contributed by atoms with E-state index in [0.29, 0.717) is 12.8 Å². The number of rotatable bonds is 5. The van der Waals surface area contributed by atoms with Crippen molar-refractivity contribution in [2.24, 2.45) is 7.05 Å². The number of hydrogen-bond acceptors (Lipinski definition) is 3. The molecule has 0 aliphatic carbocycles. The molecule has 92 valence electrons. The minimum absolute atomic E-state index is 0.352. The van der Waals surface area contributed by atoms with Gasteiger partial charge in [-0.1, -0.05) is 0 Å². The Balaban J connectivity index is 1.85. The second kappa shape index (κ2) is 5.19. The SMILES string of the molecule is Cc1cc(CC(O)CCc2ccco2)n(C)n1. The lowest BCUT2D eigenvalue weighted by atomic mass is 10.1. The predicted octanol–water partition coefficient (Wildman–Crippen LogP) is 1.86. The van der Waals surface area contributed by atoms with Crippen LogP contribution < -0.4 is 0 Å². The molecule has 0 spiro atoms. The second-order valence-corrected chi connectivity index (χ2v) is 4.38. The van der Waals surface area contributed by atoms with Crippen LogP contribution in [0.25, 0.3) is 0 Å². The van der Waals surface area contributed by atoms with E-state index in [-0.39, 0.29) is 6.10 Å². The Morgan fingerprint density at radius 3 is 2.94 bits per heavy atom. The van der Waals surface area contributed by atoms with Gasteiger partial charge in [-0.2, -0.15) is 5.10 Å². The van der Waals surface area contributed by atoms with Gasteiger partial charge < -0.3 is 9.52 Å². The number of aliphatic hydroxyl groups is 1. The van der Waals surface area contributed by atoms with Gasteiger partial charge in [-0.25, -0.2) is 0 Å². The maximum absolute atomic E-state index is 9.95. The number of aromatic nitrogens is 2. The molecule has 0 fully saturated rings. The summed E-state index contributed by atoms with van der Waals surface area (Å²) in [4.78, 5) is 0. The molecule has 0 aromatic carbocycles. The van der Waals surface area contributed by atoms with Crippen molar-refractivity contribution < 1.29 is 9.52 Å². The first kappa shape index (κ1) is 11.9. The molecule has 2 aromatic rings.